The first-order valence-corrected chi connectivity index (χ1v) is 9.07. The number of hydrogen-bond donors (Lipinski definition) is 1. The van der Waals surface area contributed by atoms with E-state index in [-0.39, 0.29) is 17.1 Å². The summed E-state index contributed by atoms with van der Waals surface area (Å²) in [6.07, 6.45) is 0.563. The van der Waals surface area contributed by atoms with Gasteiger partial charge in [-0.2, -0.15) is 0 Å². The molecular weight excluding hydrogens is 372 g/mol. The summed E-state index contributed by atoms with van der Waals surface area (Å²) in [5.41, 5.74) is 4.50. The van der Waals surface area contributed by atoms with E-state index in [2.05, 4.69) is 38.2 Å². The zero-order valence-electron chi connectivity index (χ0n) is 16.7. The minimum Gasteiger partial charge on any atom is -0.496 e. The Morgan fingerprint density at radius 2 is 1.79 bits per heavy atom. The molecule has 1 N–H and O–H groups in total. The van der Waals surface area contributed by atoms with Crippen molar-refractivity contribution in [3.63, 3.8) is 0 Å². The largest absolute Gasteiger partial charge is 0.496 e. The van der Waals surface area contributed by atoms with Crippen molar-refractivity contribution in [1.29, 1.82) is 0 Å². The van der Waals surface area contributed by atoms with E-state index in [9.17, 15) is 14.9 Å². The lowest BCUT2D eigenvalue weighted by molar-refractivity contribution is -0.384. The van der Waals surface area contributed by atoms with E-state index < -0.39 is 10.8 Å². The van der Waals surface area contributed by atoms with Gasteiger partial charge in [0.15, 0.2) is 5.76 Å². The molecule has 0 aliphatic heterocycles. The SMILES string of the molecule is COc1ccc(NC(=O)c2ccc(Cc3c(C)cc(C)cc3C)o2)c([N+](=O)[O-])c1. The fourth-order valence-corrected chi connectivity index (χ4v) is 3.34. The molecule has 0 unspecified atom stereocenters. The van der Waals surface area contributed by atoms with Gasteiger partial charge in [0, 0.05) is 6.42 Å². The first kappa shape index (κ1) is 20.1. The van der Waals surface area contributed by atoms with E-state index in [0.29, 0.717) is 17.9 Å². The molecule has 3 rings (SSSR count). The minimum atomic E-state index is -0.575. The molecule has 0 fully saturated rings. The Hall–Kier alpha value is -3.61. The highest BCUT2D eigenvalue weighted by Crippen LogP contribution is 2.29. The van der Waals surface area contributed by atoms with Gasteiger partial charge in [-0.15, -0.1) is 0 Å². The fourth-order valence-electron chi connectivity index (χ4n) is 3.34. The van der Waals surface area contributed by atoms with Crippen molar-refractivity contribution in [1.82, 2.24) is 0 Å². The van der Waals surface area contributed by atoms with Gasteiger partial charge in [-0.1, -0.05) is 17.7 Å². The van der Waals surface area contributed by atoms with Crippen molar-refractivity contribution in [3.8, 4) is 5.75 Å². The maximum atomic E-state index is 12.5. The molecule has 1 heterocycles. The van der Waals surface area contributed by atoms with Crippen LogP contribution in [0.4, 0.5) is 11.4 Å². The van der Waals surface area contributed by atoms with Crippen molar-refractivity contribution >= 4 is 17.3 Å². The van der Waals surface area contributed by atoms with Crippen LogP contribution < -0.4 is 10.1 Å². The summed E-state index contributed by atoms with van der Waals surface area (Å²) in [5.74, 6) is 0.516. The Morgan fingerprint density at radius 1 is 1.10 bits per heavy atom. The second-order valence-corrected chi connectivity index (χ2v) is 6.91. The molecule has 0 aliphatic rings. The number of nitrogens with one attached hydrogen (secondary N) is 1. The number of methoxy groups -OCH3 is 1. The normalized spacial score (nSPS) is 10.6. The quantitative estimate of drug-likeness (QED) is 0.471. The number of amides is 1. The van der Waals surface area contributed by atoms with Crippen LogP contribution >= 0.6 is 0 Å². The third kappa shape index (κ3) is 4.45. The molecule has 0 atom stereocenters. The smallest absolute Gasteiger partial charge is 0.296 e. The summed E-state index contributed by atoms with van der Waals surface area (Å²) < 4.78 is 10.7. The Balaban J connectivity index is 1.79. The lowest BCUT2D eigenvalue weighted by Crippen LogP contribution is -2.12. The average Bonchev–Trinajstić information content (AvgIpc) is 3.13. The van der Waals surface area contributed by atoms with Gasteiger partial charge in [0.05, 0.1) is 18.1 Å². The highest BCUT2D eigenvalue weighted by atomic mass is 16.6. The highest BCUT2D eigenvalue weighted by molar-refractivity contribution is 6.03. The van der Waals surface area contributed by atoms with Gasteiger partial charge in [0.25, 0.3) is 11.6 Å². The molecule has 150 valence electrons. The van der Waals surface area contributed by atoms with Crippen LogP contribution in [-0.4, -0.2) is 17.9 Å². The van der Waals surface area contributed by atoms with Crippen molar-refractivity contribution in [2.75, 3.05) is 12.4 Å². The molecule has 1 aromatic heterocycles. The first-order valence-electron chi connectivity index (χ1n) is 9.07. The third-order valence-corrected chi connectivity index (χ3v) is 4.73. The van der Waals surface area contributed by atoms with Gasteiger partial charge in [0.2, 0.25) is 0 Å². The van der Waals surface area contributed by atoms with Crippen molar-refractivity contribution in [2.45, 2.75) is 27.2 Å². The molecule has 0 bridgehead atoms. The summed E-state index contributed by atoms with van der Waals surface area (Å²) >= 11 is 0. The van der Waals surface area contributed by atoms with Gasteiger partial charge in [0.1, 0.15) is 17.2 Å². The van der Waals surface area contributed by atoms with Gasteiger partial charge in [-0.25, -0.2) is 0 Å². The second-order valence-electron chi connectivity index (χ2n) is 6.91. The van der Waals surface area contributed by atoms with E-state index in [1.54, 1.807) is 18.2 Å². The molecule has 29 heavy (non-hydrogen) atoms. The number of anilines is 1. The number of aryl methyl sites for hydroxylation is 3. The predicted octanol–water partition coefficient (Wildman–Crippen LogP) is 4.96. The summed E-state index contributed by atoms with van der Waals surface area (Å²) in [5, 5.41) is 13.8. The van der Waals surface area contributed by atoms with Gasteiger partial charge in [-0.05, 0) is 61.7 Å². The standard InChI is InChI=1S/C22H22N2O5/c1-13-9-14(2)18(15(3)10-13)11-17-6-8-21(29-17)22(25)23-19-7-5-16(28-4)12-20(19)24(26)27/h5-10,12H,11H2,1-4H3,(H,23,25). The lowest BCUT2D eigenvalue weighted by atomic mass is 9.97. The molecule has 1 amide bonds. The monoisotopic (exact) mass is 394 g/mol. The lowest BCUT2D eigenvalue weighted by Gasteiger charge is -2.10. The van der Waals surface area contributed by atoms with Crippen LogP contribution in [0.3, 0.4) is 0 Å². The topological polar surface area (TPSA) is 94.6 Å². The highest BCUT2D eigenvalue weighted by Gasteiger charge is 2.20. The minimum absolute atomic E-state index is 0.0731. The van der Waals surface area contributed by atoms with Crippen LogP contribution in [0.5, 0.6) is 5.75 Å². The number of ether oxygens (including phenoxy) is 1. The zero-order chi connectivity index (χ0) is 21.1. The number of nitro groups is 1. The Morgan fingerprint density at radius 3 is 2.41 bits per heavy atom. The van der Waals surface area contributed by atoms with Gasteiger partial charge in [-0.3, -0.25) is 14.9 Å². The van der Waals surface area contributed by atoms with Crippen LogP contribution in [0.2, 0.25) is 0 Å². The number of furan rings is 1. The molecule has 7 nitrogen and oxygen atoms in total. The van der Waals surface area contributed by atoms with Crippen LogP contribution in [0.1, 0.15) is 38.6 Å². The van der Waals surface area contributed by atoms with Crippen molar-refractivity contribution in [2.24, 2.45) is 0 Å². The van der Waals surface area contributed by atoms with Gasteiger partial charge >= 0.3 is 0 Å². The molecule has 0 saturated heterocycles. The summed E-state index contributed by atoms with van der Waals surface area (Å²) in [7, 11) is 1.42. The Bertz CT molecular complexity index is 1060. The Kier molecular flexibility index (Phi) is 5.68. The second kappa shape index (κ2) is 8.18. The molecule has 0 radical (unpaired) electrons. The number of carbonyl (C=O) groups is 1. The van der Waals surface area contributed by atoms with Crippen LogP contribution in [0, 0.1) is 30.9 Å². The van der Waals surface area contributed by atoms with E-state index in [1.807, 2.05) is 0 Å². The molecule has 0 aliphatic carbocycles. The molecular formula is C22H22N2O5. The number of rotatable bonds is 6. The number of hydrogen-bond acceptors (Lipinski definition) is 5. The number of benzene rings is 2. The third-order valence-electron chi connectivity index (χ3n) is 4.73. The van der Waals surface area contributed by atoms with Crippen LogP contribution in [-0.2, 0) is 6.42 Å². The fraction of sp³-hybridized carbons (Fsp3) is 0.227. The van der Waals surface area contributed by atoms with Crippen LogP contribution in [0.25, 0.3) is 0 Å². The zero-order valence-corrected chi connectivity index (χ0v) is 16.7. The first-order chi connectivity index (χ1) is 13.8. The average molecular weight is 394 g/mol. The number of nitro benzene ring substituents is 1. The molecule has 0 saturated carbocycles. The predicted molar refractivity (Wildman–Crippen MR) is 110 cm³/mol. The van der Waals surface area contributed by atoms with Crippen molar-refractivity contribution < 1.29 is 18.9 Å². The molecule has 3 aromatic rings. The van der Waals surface area contributed by atoms with Gasteiger partial charge < -0.3 is 14.5 Å². The maximum Gasteiger partial charge on any atom is 0.296 e. The number of nitrogens with zero attached hydrogens (tertiary/aromatic N) is 1. The van der Waals surface area contributed by atoms with E-state index in [4.69, 9.17) is 9.15 Å². The van der Waals surface area contributed by atoms with Crippen LogP contribution in [0.15, 0.2) is 46.9 Å². The Labute approximate surface area is 168 Å². The molecule has 2 aromatic carbocycles. The summed E-state index contributed by atoms with van der Waals surface area (Å²) in [4.78, 5) is 23.2. The van der Waals surface area contributed by atoms with E-state index in [0.717, 1.165) is 5.56 Å². The molecule has 7 heteroatoms. The van der Waals surface area contributed by atoms with E-state index in [1.165, 1.54) is 35.9 Å². The van der Waals surface area contributed by atoms with Crippen molar-refractivity contribution in [3.05, 3.63) is 86.4 Å². The summed E-state index contributed by atoms with van der Waals surface area (Å²) in [6, 6.07) is 11.8. The molecule has 0 spiro atoms. The number of carbonyl (C=O) groups excluding carboxylic acids is 1. The maximum absolute atomic E-state index is 12.5. The summed E-state index contributed by atoms with van der Waals surface area (Å²) in [6.45, 7) is 6.15. The van der Waals surface area contributed by atoms with E-state index >= 15 is 0 Å².